The number of amides is 1. The van der Waals surface area contributed by atoms with Crippen LogP contribution in [0, 0.1) is 0 Å². The SMILES string of the molecule is O=C(Nc1cnc(N2CCCC2)nc1)c1cc2ccccn2c1. The molecule has 0 saturated carbocycles. The van der Waals surface area contributed by atoms with Crippen LogP contribution in [0.2, 0.25) is 0 Å². The monoisotopic (exact) mass is 307 g/mol. The highest BCUT2D eigenvalue weighted by Crippen LogP contribution is 2.17. The maximum absolute atomic E-state index is 12.3. The van der Waals surface area contributed by atoms with Crippen LogP contribution in [-0.2, 0) is 0 Å². The molecule has 3 aromatic heterocycles. The molecule has 0 aliphatic carbocycles. The van der Waals surface area contributed by atoms with Crippen LogP contribution in [0.5, 0.6) is 0 Å². The van der Waals surface area contributed by atoms with Crippen LogP contribution < -0.4 is 10.2 Å². The molecule has 6 nitrogen and oxygen atoms in total. The van der Waals surface area contributed by atoms with Crippen molar-refractivity contribution in [2.45, 2.75) is 12.8 Å². The number of nitrogens with one attached hydrogen (secondary N) is 1. The summed E-state index contributed by atoms with van der Waals surface area (Å²) >= 11 is 0. The summed E-state index contributed by atoms with van der Waals surface area (Å²) in [5.74, 6) is 0.571. The number of carbonyl (C=O) groups excluding carboxylic acids is 1. The Morgan fingerprint density at radius 3 is 2.65 bits per heavy atom. The number of fused-ring (bicyclic) bond motifs is 1. The lowest BCUT2D eigenvalue weighted by atomic mass is 10.3. The zero-order valence-electron chi connectivity index (χ0n) is 12.6. The fraction of sp³-hybridized carbons (Fsp3) is 0.235. The molecule has 1 N–H and O–H groups in total. The van der Waals surface area contributed by atoms with E-state index in [0.29, 0.717) is 11.3 Å². The van der Waals surface area contributed by atoms with Crippen molar-refractivity contribution in [3.8, 4) is 0 Å². The predicted octanol–water partition coefficient (Wildman–Crippen LogP) is 2.58. The van der Waals surface area contributed by atoms with E-state index in [2.05, 4.69) is 20.2 Å². The summed E-state index contributed by atoms with van der Waals surface area (Å²) < 4.78 is 1.92. The first kappa shape index (κ1) is 13.8. The van der Waals surface area contributed by atoms with Gasteiger partial charge in [-0.05, 0) is 31.0 Å². The highest BCUT2D eigenvalue weighted by Gasteiger charge is 2.15. The molecule has 0 spiro atoms. The van der Waals surface area contributed by atoms with Gasteiger partial charge in [0.05, 0.1) is 23.6 Å². The molecule has 6 heteroatoms. The van der Waals surface area contributed by atoms with E-state index in [9.17, 15) is 4.79 Å². The van der Waals surface area contributed by atoms with Crippen molar-refractivity contribution in [3.05, 3.63) is 54.6 Å². The van der Waals surface area contributed by atoms with E-state index in [0.717, 1.165) is 24.6 Å². The Kier molecular flexibility index (Phi) is 3.42. The van der Waals surface area contributed by atoms with Gasteiger partial charge in [0.2, 0.25) is 5.95 Å². The van der Waals surface area contributed by atoms with Crippen molar-refractivity contribution in [3.63, 3.8) is 0 Å². The van der Waals surface area contributed by atoms with E-state index in [1.165, 1.54) is 12.8 Å². The van der Waals surface area contributed by atoms with Crippen LogP contribution in [0.25, 0.3) is 5.52 Å². The van der Waals surface area contributed by atoms with Crippen molar-refractivity contribution in [2.24, 2.45) is 0 Å². The number of hydrogen-bond donors (Lipinski definition) is 1. The molecule has 1 amide bonds. The van der Waals surface area contributed by atoms with Crippen LogP contribution >= 0.6 is 0 Å². The van der Waals surface area contributed by atoms with Crippen LogP contribution in [0.3, 0.4) is 0 Å². The molecule has 1 fully saturated rings. The number of rotatable bonds is 3. The Morgan fingerprint density at radius 1 is 1.13 bits per heavy atom. The molecule has 0 unspecified atom stereocenters. The molecule has 116 valence electrons. The molecule has 1 aliphatic rings. The van der Waals surface area contributed by atoms with E-state index in [1.54, 1.807) is 12.4 Å². The van der Waals surface area contributed by atoms with Crippen LogP contribution in [0.1, 0.15) is 23.2 Å². The summed E-state index contributed by atoms with van der Waals surface area (Å²) in [5, 5.41) is 2.84. The summed E-state index contributed by atoms with van der Waals surface area (Å²) in [6, 6.07) is 7.70. The van der Waals surface area contributed by atoms with Gasteiger partial charge in [-0.15, -0.1) is 0 Å². The van der Waals surface area contributed by atoms with Gasteiger partial charge in [0, 0.05) is 31.0 Å². The van der Waals surface area contributed by atoms with E-state index in [-0.39, 0.29) is 5.91 Å². The van der Waals surface area contributed by atoms with Gasteiger partial charge in [-0.1, -0.05) is 6.07 Å². The van der Waals surface area contributed by atoms with E-state index >= 15 is 0 Å². The first-order valence-electron chi connectivity index (χ1n) is 7.75. The summed E-state index contributed by atoms with van der Waals surface area (Å²) in [6.45, 7) is 2.01. The molecule has 1 saturated heterocycles. The number of carbonyl (C=O) groups is 1. The molecule has 0 radical (unpaired) electrons. The minimum absolute atomic E-state index is 0.161. The molecule has 3 aromatic rings. The van der Waals surface area contributed by atoms with Crippen LogP contribution in [0.15, 0.2) is 49.1 Å². The second kappa shape index (κ2) is 5.72. The average molecular weight is 307 g/mol. The first-order chi connectivity index (χ1) is 11.3. The maximum Gasteiger partial charge on any atom is 0.257 e. The lowest BCUT2D eigenvalue weighted by Crippen LogP contribution is -2.20. The number of pyridine rings is 1. The Bertz CT molecular complexity index is 801. The zero-order valence-corrected chi connectivity index (χ0v) is 12.6. The lowest BCUT2D eigenvalue weighted by Gasteiger charge is -2.14. The third kappa shape index (κ3) is 2.75. The van der Waals surface area contributed by atoms with Crippen molar-refractivity contribution in [1.29, 1.82) is 0 Å². The van der Waals surface area contributed by atoms with Gasteiger partial charge >= 0.3 is 0 Å². The number of aromatic nitrogens is 3. The first-order valence-corrected chi connectivity index (χ1v) is 7.75. The molecule has 1 aliphatic heterocycles. The summed E-state index contributed by atoms with van der Waals surface area (Å²) in [6.07, 6.45) is 9.42. The van der Waals surface area contributed by atoms with E-state index in [4.69, 9.17) is 0 Å². The summed E-state index contributed by atoms with van der Waals surface area (Å²) in [5.41, 5.74) is 2.20. The lowest BCUT2D eigenvalue weighted by molar-refractivity contribution is 0.102. The molecule has 23 heavy (non-hydrogen) atoms. The van der Waals surface area contributed by atoms with Gasteiger partial charge < -0.3 is 14.6 Å². The van der Waals surface area contributed by atoms with Gasteiger partial charge in [0.15, 0.2) is 0 Å². The summed E-state index contributed by atoms with van der Waals surface area (Å²) in [4.78, 5) is 23.2. The van der Waals surface area contributed by atoms with Crippen LogP contribution in [0.4, 0.5) is 11.6 Å². The van der Waals surface area contributed by atoms with Gasteiger partial charge in [-0.25, -0.2) is 9.97 Å². The zero-order chi connectivity index (χ0) is 15.6. The second-order valence-electron chi connectivity index (χ2n) is 5.68. The predicted molar refractivity (Wildman–Crippen MR) is 88.8 cm³/mol. The van der Waals surface area contributed by atoms with Crippen LogP contribution in [-0.4, -0.2) is 33.4 Å². The van der Waals surface area contributed by atoms with Crippen molar-refractivity contribution >= 4 is 23.1 Å². The topological polar surface area (TPSA) is 62.5 Å². The number of hydrogen-bond acceptors (Lipinski definition) is 4. The van der Waals surface area contributed by atoms with Crippen molar-refractivity contribution < 1.29 is 4.79 Å². The Morgan fingerprint density at radius 2 is 1.91 bits per heavy atom. The standard InChI is InChI=1S/C17H17N5O/c23-16(13-9-15-5-1-2-8-22(15)12-13)20-14-10-18-17(19-11-14)21-6-3-4-7-21/h1-2,5,8-12H,3-4,6-7H2,(H,20,23). The minimum atomic E-state index is -0.161. The average Bonchev–Trinajstić information content (AvgIpc) is 3.25. The van der Waals surface area contributed by atoms with Gasteiger partial charge in [0.1, 0.15) is 0 Å². The highest BCUT2D eigenvalue weighted by molar-refractivity contribution is 6.05. The van der Waals surface area contributed by atoms with E-state index in [1.807, 2.05) is 41.1 Å². The number of anilines is 2. The molecule has 0 atom stereocenters. The normalized spacial score (nSPS) is 14.3. The Labute approximate surface area is 133 Å². The van der Waals surface area contributed by atoms with E-state index < -0.39 is 0 Å². The van der Waals surface area contributed by atoms with Gasteiger partial charge in [-0.2, -0.15) is 0 Å². The minimum Gasteiger partial charge on any atom is -0.341 e. The molecule has 0 aromatic carbocycles. The fourth-order valence-corrected chi connectivity index (χ4v) is 2.85. The van der Waals surface area contributed by atoms with Crippen molar-refractivity contribution in [1.82, 2.24) is 14.4 Å². The Hall–Kier alpha value is -2.89. The molecule has 4 rings (SSSR count). The van der Waals surface area contributed by atoms with Crippen molar-refractivity contribution in [2.75, 3.05) is 23.3 Å². The largest absolute Gasteiger partial charge is 0.341 e. The quantitative estimate of drug-likeness (QED) is 0.808. The molecule has 0 bridgehead atoms. The fourth-order valence-electron chi connectivity index (χ4n) is 2.85. The third-order valence-corrected chi connectivity index (χ3v) is 4.05. The highest BCUT2D eigenvalue weighted by atomic mass is 16.1. The van der Waals surface area contributed by atoms with Gasteiger partial charge in [-0.3, -0.25) is 4.79 Å². The summed E-state index contributed by atoms with van der Waals surface area (Å²) in [7, 11) is 0. The second-order valence-corrected chi connectivity index (χ2v) is 5.68. The number of nitrogens with zero attached hydrogens (tertiary/aromatic N) is 4. The molecular formula is C17H17N5O. The third-order valence-electron chi connectivity index (χ3n) is 4.05. The maximum atomic E-state index is 12.3. The molecule has 4 heterocycles. The smallest absolute Gasteiger partial charge is 0.257 e. The van der Waals surface area contributed by atoms with Gasteiger partial charge in [0.25, 0.3) is 5.91 Å². The Balaban J connectivity index is 1.49. The molecular weight excluding hydrogens is 290 g/mol.